The molecule has 1 amide bonds. The van der Waals surface area contributed by atoms with Gasteiger partial charge in [-0.1, -0.05) is 6.08 Å². The van der Waals surface area contributed by atoms with Crippen LogP contribution in [0.2, 0.25) is 0 Å². The van der Waals surface area contributed by atoms with Gasteiger partial charge in [-0.2, -0.15) is 5.26 Å². The summed E-state index contributed by atoms with van der Waals surface area (Å²) in [6.45, 7) is 9.19. The van der Waals surface area contributed by atoms with Gasteiger partial charge in [-0.3, -0.25) is 0 Å². The van der Waals surface area contributed by atoms with Crippen molar-refractivity contribution in [2.24, 2.45) is 10.9 Å². The Hall–Kier alpha value is -2.88. The van der Waals surface area contributed by atoms with Gasteiger partial charge in [0.1, 0.15) is 17.3 Å². The van der Waals surface area contributed by atoms with Crippen LogP contribution < -0.4 is 0 Å². The molecular formula is C25H33FN4O2. The number of nitrogens with zero attached hydrogens (tertiary/aromatic N) is 4. The quantitative estimate of drug-likeness (QED) is 0.651. The van der Waals surface area contributed by atoms with E-state index in [1.807, 2.05) is 45.7 Å². The predicted octanol–water partition coefficient (Wildman–Crippen LogP) is 5.16. The SMILES string of the molecule is Cc1cc(C#N)cc(F)c1CN(C)C1=NC(C2CCN(C(=O)OC(C)(C)C)CC2)=CCC1. The van der Waals surface area contributed by atoms with Crippen LogP contribution in [0.3, 0.4) is 0 Å². The van der Waals surface area contributed by atoms with Crippen LogP contribution in [-0.2, 0) is 11.3 Å². The van der Waals surface area contributed by atoms with Crippen molar-refractivity contribution in [1.29, 1.82) is 5.26 Å². The van der Waals surface area contributed by atoms with Crippen LogP contribution >= 0.6 is 0 Å². The van der Waals surface area contributed by atoms with E-state index in [1.165, 1.54) is 6.07 Å². The van der Waals surface area contributed by atoms with Gasteiger partial charge in [-0.05, 0) is 64.7 Å². The molecule has 3 rings (SSSR count). The molecular weight excluding hydrogens is 407 g/mol. The third kappa shape index (κ3) is 5.87. The smallest absolute Gasteiger partial charge is 0.410 e. The molecule has 2 aliphatic rings. The van der Waals surface area contributed by atoms with Crippen molar-refractivity contribution in [3.8, 4) is 6.07 Å². The number of piperidine rings is 1. The van der Waals surface area contributed by atoms with Crippen molar-refractivity contribution in [2.45, 2.75) is 65.5 Å². The number of ether oxygens (including phenoxy) is 1. The van der Waals surface area contributed by atoms with Gasteiger partial charge in [0.05, 0.1) is 11.6 Å². The van der Waals surface area contributed by atoms with Gasteiger partial charge >= 0.3 is 6.09 Å². The fourth-order valence-corrected chi connectivity index (χ4v) is 4.19. The fourth-order valence-electron chi connectivity index (χ4n) is 4.19. The Kier molecular flexibility index (Phi) is 7.22. The Balaban J connectivity index is 1.63. The molecule has 0 aromatic heterocycles. The van der Waals surface area contributed by atoms with Crippen LogP contribution in [0.4, 0.5) is 9.18 Å². The van der Waals surface area contributed by atoms with Crippen LogP contribution in [0.25, 0.3) is 0 Å². The van der Waals surface area contributed by atoms with Crippen LogP contribution in [0.5, 0.6) is 0 Å². The standard InChI is InChI=1S/C25H33FN4O2/c1-17-13-18(15-27)14-21(26)20(17)16-29(5)23-8-6-7-22(28-23)19-9-11-30(12-10-19)24(31)32-25(2,3)4/h7,13-14,19H,6,8-12,16H2,1-5H3. The summed E-state index contributed by atoms with van der Waals surface area (Å²) >= 11 is 0. The number of aryl methyl sites for hydroxylation is 1. The number of hydrogen-bond acceptors (Lipinski definition) is 5. The van der Waals surface area contributed by atoms with Crippen molar-refractivity contribution >= 4 is 11.9 Å². The number of halogens is 1. The lowest BCUT2D eigenvalue weighted by Gasteiger charge is -2.34. The number of aliphatic imine (C=N–C) groups is 1. The molecule has 0 aliphatic carbocycles. The van der Waals surface area contributed by atoms with E-state index in [-0.39, 0.29) is 11.9 Å². The summed E-state index contributed by atoms with van der Waals surface area (Å²) in [7, 11) is 1.93. The molecule has 1 saturated heterocycles. The molecule has 6 nitrogen and oxygen atoms in total. The zero-order valence-electron chi connectivity index (χ0n) is 19.7. The van der Waals surface area contributed by atoms with Crippen LogP contribution in [0.1, 0.15) is 63.1 Å². The third-order valence-electron chi connectivity index (χ3n) is 5.93. The van der Waals surface area contributed by atoms with Crippen molar-refractivity contribution in [2.75, 3.05) is 20.1 Å². The van der Waals surface area contributed by atoms with E-state index in [9.17, 15) is 9.18 Å². The van der Waals surface area contributed by atoms with Crippen molar-refractivity contribution in [3.05, 3.63) is 46.4 Å². The molecule has 0 spiro atoms. The molecule has 1 aromatic rings. The highest BCUT2D eigenvalue weighted by molar-refractivity contribution is 5.84. The van der Waals surface area contributed by atoms with Crippen molar-refractivity contribution < 1.29 is 13.9 Å². The van der Waals surface area contributed by atoms with Gasteiger partial charge in [0.25, 0.3) is 0 Å². The summed E-state index contributed by atoms with van der Waals surface area (Å²) in [5, 5.41) is 9.03. The Bertz CT molecular complexity index is 940. The lowest BCUT2D eigenvalue weighted by Crippen LogP contribution is -2.42. The molecule has 32 heavy (non-hydrogen) atoms. The van der Waals surface area contributed by atoms with Gasteiger partial charge in [0.15, 0.2) is 0 Å². The molecule has 0 N–H and O–H groups in total. The first kappa shape index (κ1) is 23.8. The number of amidine groups is 1. The number of nitriles is 1. The Morgan fingerprint density at radius 2 is 2.03 bits per heavy atom. The zero-order valence-corrected chi connectivity index (χ0v) is 19.7. The molecule has 0 unspecified atom stereocenters. The molecule has 1 aromatic carbocycles. The van der Waals surface area contributed by atoms with E-state index in [0.29, 0.717) is 36.7 Å². The summed E-state index contributed by atoms with van der Waals surface area (Å²) < 4.78 is 20.0. The number of rotatable bonds is 3. The van der Waals surface area contributed by atoms with E-state index in [2.05, 4.69) is 6.08 Å². The monoisotopic (exact) mass is 440 g/mol. The van der Waals surface area contributed by atoms with Gasteiger partial charge < -0.3 is 14.5 Å². The molecule has 2 heterocycles. The summed E-state index contributed by atoms with van der Waals surface area (Å²) in [5.74, 6) is 0.904. The highest BCUT2D eigenvalue weighted by atomic mass is 19.1. The minimum Gasteiger partial charge on any atom is -0.444 e. The van der Waals surface area contributed by atoms with E-state index in [4.69, 9.17) is 15.0 Å². The molecule has 0 bridgehead atoms. The largest absolute Gasteiger partial charge is 0.444 e. The Morgan fingerprint density at radius 1 is 1.34 bits per heavy atom. The lowest BCUT2D eigenvalue weighted by molar-refractivity contribution is 0.0194. The van der Waals surface area contributed by atoms with E-state index in [1.54, 1.807) is 11.0 Å². The molecule has 7 heteroatoms. The summed E-state index contributed by atoms with van der Waals surface area (Å²) in [6, 6.07) is 5.01. The highest BCUT2D eigenvalue weighted by Crippen LogP contribution is 2.30. The number of likely N-dealkylation sites (tertiary alicyclic amines) is 1. The van der Waals surface area contributed by atoms with Gasteiger partial charge in [-0.25, -0.2) is 14.2 Å². The molecule has 0 radical (unpaired) electrons. The first-order valence-electron chi connectivity index (χ1n) is 11.2. The van der Waals surface area contributed by atoms with Gasteiger partial charge in [0, 0.05) is 50.3 Å². The molecule has 0 atom stereocenters. The molecule has 1 fully saturated rings. The second-order valence-electron chi connectivity index (χ2n) is 9.66. The zero-order chi connectivity index (χ0) is 23.5. The van der Waals surface area contributed by atoms with Gasteiger partial charge in [-0.15, -0.1) is 0 Å². The number of carbonyl (C=O) groups is 1. The van der Waals surface area contributed by atoms with E-state index in [0.717, 1.165) is 42.8 Å². The van der Waals surface area contributed by atoms with E-state index < -0.39 is 5.60 Å². The second-order valence-corrected chi connectivity index (χ2v) is 9.66. The average molecular weight is 441 g/mol. The maximum Gasteiger partial charge on any atom is 0.410 e. The first-order valence-corrected chi connectivity index (χ1v) is 11.2. The normalized spacial score (nSPS) is 17.3. The van der Waals surface area contributed by atoms with Crippen LogP contribution in [0, 0.1) is 30.0 Å². The lowest BCUT2D eigenvalue weighted by atomic mass is 9.92. The van der Waals surface area contributed by atoms with Crippen LogP contribution in [0.15, 0.2) is 28.9 Å². The van der Waals surface area contributed by atoms with Crippen LogP contribution in [-0.4, -0.2) is 47.5 Å². The molecule has 172 valence electrons. The topological polar surface area (TPSA) is 68.9 Å². The maximum atomic E-state index is 14.5. The summed E-state index contributed by atoms with van der Waals surface area (Å²) in [4.78, 5) is 21.0. The molecule has 2 aliphatic heterocycles. The highest BCUT2D eigenvalue weighted by Gasteiger charge is 2.29. The summed E-state index contributed by atoms with van der Waals surface area (Å²) in [6.07, 6.45) is 5.37. The minimum absolute atomic E-state index is 0.252. The number of benzene rings is 1. The number of amides is 1. The summed E-state index contributed by atoms with van der Waals surface area (Å²) in [5.41, 5.74) is 2.28. The predicted molar refractivity (Wildman–Crippen MR) is 123 cm³/mol. The fraction of sp³-hybridized carbons (Fsp3) is 0.560. The average Bonchev–Trinajstić information content (AvgIpc) is 2.75. The van der Waals surface area contributed by atoms with Gasteiger partial charge in [0.2, 0.25) is 0 Å². The maximum absolute atomic E-state index is 14.5. The first-order chi connectivity index (χ1) is 15.1. The molecule has 0 saturated carbocycles. The van der Waals surface area contributed by atoms with Crippen molar-refractivity contribution in [3.63, 3.8) is 0 Å². The minimum atomic E-state index is -0.490. The Morgan fingerprint density at radius 3 is 2.62 bits per heavy atom. The number of hydrogen-bond donors (Lipinski definition) is 0. The van der Waals surface area contributed by atoms with Crippen molar-refractivity contribution in [1.82, 2.24) is 9.80 Å². The number of allylic oxidation sites excluding steroid dienone is 2. The number of carbonyl (C=O) groups excluding carboxylic acids is 1. The third-order valence-corrected chi connectivity index (χ3v) is 5.93. The Labute approximate surface area is 190 Å². The van der Waals surface area contributed by atoms with E-state index >= 15 is 0 Å². The second kappa shape index (κ2) is 9.72.